The molecule has 1 aliphatic heterocycles. The molecule has 2 heterocycles. The van der Waals surface area contributed by atoms with Gasteiger partial charge in [0.2, 0.25) is 5.91 Å². The fourth-order valence-electron chi connectivity index (χ4n) is 4.78. The largest absolute Gasteiger partial charge is 0.320 e. The molecule has 1 aromatic heterocycles. The molecule has 160 valence electrons. The minimum absolute atomic E-state index is 0.0528. The molecule has 1 unspecified atom stereocenters. The van der Waals surface area contributed by atoms with Gasteiger partial charge in [0.05, 0.1) is 10.9 Å². The second-order valence-corrected chi connectivity index (χ2v) is 9.92. The van der Waals surface area contributed by atoms with Crippen molar-refractivity contribution in [3.8, 4) is 0 Å². The van der Waals surface area contributed by atoms with Crippen molar-refractivity contribution in [3.05, 3.63) is 40.7 Å². The first-order valence-electron chi connectivity index (χ1n) is 11.0. The van der Waals surface area contributed by atoms with E-state index < -0.39 is 0 Å². The topological polar surface area (TPSA) is 55.2 Å². The van der Waals surface area contributed by atoms with E-state index in [2.05, 4.69) is 18.4 Å². The SMILES string of the molecule is CC(=O)N1CCc2cc(C(=O)C(C)Sc3nc(C)c(C)n3C3CCCCC3)ccc21. The van der Waals surface area contributed by atoms with Gasteiger partial charge in [0.1, 0.15) is 0 Å². The first-order chi connectivity index (χ1) is 14.4. The highest BCUT2D eigenvalue weighted by atomic mass is 32.2. The number of hydrogen-bond acceptors (Lipinski definition) is 4. The summed E-state index contributed by atoms with van der Waals surface area (Å²) in [7, 11) is 0. The van der Waals surface area contributed by atoms with Crippen LogP contribution >= 0.6 is 11.8 Å². The normalized spacial score (nSPS) is 17.8. The van der Waals surface area contributed by atoms with Crippen LogP contribution < -0.4 is 4.90 Å². The van der Waals surface area contributed by atoms with Crippen molar-refractivity contribution in [2.45, 2.75) is 82.7 Å². The third-order valence-electron chi connectivity index (χ3n) is 6.59. The average molecular weight is 426 g/mol. The number of fused-ring (bicyclic) bond motifs is 1. The van der Waals surface area contributed by atoms with Gasteiger partial charge in [-0.2, -0.15) is 0 Å². The van der Waals surface area contributed by atoms with Gasteiger partial charge in [-0.05, 0) is 63.8 Å². The van der Waals surface area contributed by atoms with Gasteiger partial charge in [0, 0.05) is 36.5 Å². The van der Waals surface area contributed by atoms with Gasteiger partial charge < -0.3 is 9.47 Å². The highest BCUT2D eigenvalue weighted by molar-refractivity contribution is 8.00. The Bertz CT molecular complexity index is 975. The van der Waals surface area contributed by atoms with Crippen LogP contribution in [0.25, 0.3) is 0 Å². The van der Waals surface area contributed by atoms with E-state index in [1.54, 1.807) is 23.6 Å². The van der Waals surface area contributed by atoms with Gasteiger partial charge in [0.25, 0.3) is 0 Å². The number of anilines is 1. The summed E-state index contributed by atoms with van der Waals surface area (Å²) in [6.07, 6.45) is 7.06. The van der Waals surface area contributed by atoms with E-state index in [0.29, 0.717) is 12.6 Å². The summed E-state index contributed by atoms with van der Waals surface area (Å²) < 4.78 is 2.39. The minimum Gasteiger partial charge on any atom is -0.320 e. The maximum absolute atomic E-state index is 13.2. The van der Waals surface area contributed by atoms with Crippen LogP contribution in [0.15, 0.2) is 23.4 Å². The molecule has 4 rings (SSSR count). The number of carbonyl (C=O) groups excluding carboxylic acids is 2. The van der Waals surface area contributed by atoms with Crippen LogP contribution in [0.5, 0.6) is 0 Å². The number of carbonyl (C=O) groups is 2. The van der Waals surface area contributed by atoms with Gasteiger partial charge in [-0.1, -0.05) is 31.0 Å². The maximum Gasteiger partial charge on any atom is 0.223 e. The van der Waals surface area contributed by atoms with Crippen LogP contribution in [-0.2, 0) is 11.2 Å². The smallest absolute Gasteiger partial charge is 0.223 e. The molecule has 2 aliphatic rings. The fourth-order valence-corrected chi connectivity index (χ4v) is 5.93. The van der Waals surface area contributed by atoms with Crippen LogP contribution in [0.2, 0.25) is 0 Å². The molecule has 30 heavy (non-hydrogen) atoms. The van der Waals surface area contributed by atoms with Gasteiger partial charge in [-0.25, -0.2) is 4.98 Å². The number of aromatic nitrogens is 2. The van der Waals surface area contributed by atoms with Crippen LogP contribution in [0.1, 0.15) is 79.3 Å². The monoisotopic (exact) mass is 425 g/mol. The number of benzene rings is 1. The number of thioether (sulfide) groups is 1. The van der Waals surface area contributed by atoms with Gasteiger partial charge in [-0.3, -0.25) is 9.59 Å². The number of rotatable bonds is 5. The Morgan fingerprint density at radius 1 is 1.17 bits per heavy atom. The van der Waals surface area contributed by atoms with E-state index in [9.17, 15) is 9.59 Å². The summed E-state index contributed by atoms with van der Waals surface area (Å²) in [4.78, 5) is 31.6. The maximum atomic E-state index is 13.2. The van der Waals surface area contributed by atoms with Crippen LogP contribution in [0, 0.1) is 13.8 Å². The van der Waals surface area contributed by atoms with Crippen LogP contribution in [0.4, 0.5) is 5.69 Å². The van der Waals surface area contributed by atoms with Crippen LogP contribution in [0.3, 0.4) is 0 Å². The van der Waals surface area contributed by atoms with E-state index in [-0.39, 0.29) is 16.9 Å². The lowest BCUT2D eigenvalue weighted by molar-refractivity contribution is -0.116. The van der Waals surface area contributed by atoms with Crippen molar-refractivity contribution in [3.63, 3.8) is 0 Å². The Morgan fingerprint density at radius 2 is 1.90 bits per heavy atom. The number of hydrogen-bond donors (Lipinski definition) is 0. The zero-order valence-electron chi connectivity index (χ0n) is 18.4. The molecule has 1 atom stereocenters. The molecule has 1 fully saturated rings. The molecule has 0 saturated heterocycles. The Kier molecular flexibility index (Phi) is 6.05. The third-order valence-corrected chi connectivity index (χ3v) is 7.65. The molecule has 0 radical (unpaired) electrons. The highest BCUT2D eigenvalue weighted by Gasteiger charge is 2.27. The highest BCUT2D eigenvalue weighted by Crippen LogP contribution is 2.36. The molecule has 1 saturated carbocycles. The zero-order valence-corrected chi connectivity index (χ0v) is 19.2. The number of aryl methyl sites for hydroxylation is 1. The van der Waals surface area contributed by atoms with Crippen LogP contribution in [-0.4, -0.2) is 33.0 Å². The lowest BCUT2D eigenvalue weighted by Gasteiger charge is -2.26. The Balaban J connectivity index is 1.54. The number of amides is 1. The number of Topliss-reactive ketones (excluding diaryl/α,β-unsaturated/α-hetero) is 1. The van der Waals surface area contributed by atoms with Gasteiger partial charge in [-0.15, -0.1) is 0 Å². The predicted molar refractivity (Wildman–Crippen MR) is 122 cm³/mol. The van der Waals surface area contributed by atoms with Crippen molar-refractivity contribution in [1.29, 1.82) is 0 Å². The second-order valence-electron chi connectivity index (χ2n) is 8.62. The number of ketones is 1. The van der Waals surface area contributed by atoms with Crippen molar-refractivity contribution >= 4 is 29.1 Å². The molecular weight excluding hydrogens is 394 g/mol. The predicted octanol–water partition coefficient (Wildman–Crippen LogP) is 5.28. The van der Waals surface area contributed by atoms with E-state index in [4.69, 9.17) is 4.98 Å². The molecule has 1 amide bonds. The van der Waals surface area contributed by atoms with Crippen molar-refractivity contribution in [2.24, 2.45) is 0 Å². The van der Waals surface area contributed by atoms with E-state index in [1.165, 1.54) is 37.8 Å². The molecule has 1 aromatic carbocycles. The number of imidazole rings is 1. The van der Waals surface area contributed by atoms with E-state index in [0.717, 1.165) is 34.1 Å². The zero-order chi connectivity index (χ0) is 21.4. The average Bonchev–Trinajstić information content (AvgIpc) is 3.28. The molecule has 2 aromatic rings. The summed E-state index contributed by atoms with van der Waals surface area (Å²) in [5, 5.41) is 0.763. The fraction of sp³-hybridized carbons (Fsp3) is 0.542. The third kappa shape index (κ3) is 3.94. The van der Waals surface area contributed by atoms with Crippen molar-refractivity contribution in [2.75, 3.05) is 11.4 Å². The number of nitrogens with zero attached hydrogens (tertiary/aromatic N) is 3. The van der Waals surface area contributed by atoms with E-state index >= 15 is 0 Å². The summed E-state index contributed by atoms with van der Waals surface area (Å²) >= 11 is 1.58. The molecule has 0 spiro atoms. The quantitative estimate of drug-likeness (QED) is 0.483. The summed E-state index contributed by atoms with van der Waals surface area (Å²) in [6.45, 7) is 8.48. The molecule has 0 N–H and O–H groups in total. The molecule has 5 nitrogen and oxygen atoms in total. The summed E-state index contributed by atoms with van der Waals surface area (Å²) in [5.41, 5.74) is 5.04. The lowest BCUT2D eigenvalue weighted by atomic mass is 9.95. The minimum atomic E-state index is -0.211. The van der Waals surface area contributed by atoms with Gasteiger partial charge in [0.15, 0.2) is 10.9 Å². The molecule has 0 bridgehead atoms. The van der Waals surface area contributed by atoms with Crippen molar-refractivity contribution in [1.82, 2.24) is 9.55 Å². The first-order valence-corrected chi connectivity index (χ1v) is 11.9. The second kappa shape index (κ2) is 8.58. The lowest BCUT2D eigenvalue weighted by Crippen LogP contribution is -2.25. The molecule has 6 heteroatoms. The summed E-state index contributed by atoms with van der Waals surface area (Å²) in [6, 6.07) is 6.26. The molecular formula is C24H31N3O2S. The standard InChI is InChI=1S/C24H31N3O2S/c1-15-16(2)27(21-8-6-5-7-9-21)24(25-15)30-17(3)23(29)20-10-11-22-19(14-20)12-13-26(22)18(4)28/h10-11,14,17,21H,5-9,12-13H2,1-4H3. The first kappa shape index (κ1) is 21.2. The van der Waals surface area contributed by atoms with Gasteiger partial charge >= 0.3 is 0 Å². The van der Waals surface area contributed by atoms with E-state index in [1.807, 2.05) is 25.1 Å². The molecule has 1 aliphatic carbocycles. The summed E-state index contributed by atoms with van der Waals surface area (Å²) in [5.74, 6) is 0.176. The Labute approximate surface area is 183 Å². The Hall–Kier alpha value is -2.08. The Morgan fingerprint density at radius 3 is 2.60 bits per heavy atom. The van der Waals surface area contributed by atoms with Crippen molar-refractivity contribution < 1.29 is 9.59 Å².